The second kappa shape index (κ2) is 7.96. The SMILES string of the molecule is CC(SCc1nc(N)nc(N)n1)C(=O)Nc1ccccc1C(C)C. The number of nitrogen functional groups attached to an aromatic ring is 2. The fraction of sp³-hybridized carbons (Fsp3) is 0.375. The van der Waals surface area contributed by atoms with Crippen LogP contribution in [0.25, 0.3) is 0 Å². The lowest BCUT2D eigenvalue weighted by Gasteiger charge is -2.16. The van der Waals surface area contributed by atoms with Crippen molar-refractivity contribution in [2.45, 2.75) is 37.7 Å². The fourth-order valence-corrected chi connectivity index (χ4v) is 2.88. The Labute approximate surface area is 145 Å². The number of benzene rings is 1. The number of thioether (sulfide) groups is 1. The third kappa shape index (κ3) is 4.82. The number of nitrogens with zero attached hydrogens (tertiary/aromatic N) is 3. The van der Waals surface area contributed by atoms with Crippen molar-refractivity contribution in [2.24, 2.45) is 0 Å². The molecular formula is C16H22N6OS. The molecule has 7 nitrogen and oxygen atoms in total. The summed E-state index contributed by atoms with van der Waals surface area (Å²) in [4.78, 5) is 24.2. The van der Waals surface area contributed by atoms with Crippen LogP contribution in [0.4, 0.5) is 17.6 Å². The molecule has 0 aliphatic heterocycles. The van der Waals surface area contributed by atoms with Gasteiger partial charge in [0.2, 0.25) is 17.8 Å². The Kier molecular flexibility index (Phi) is 5.97. The van der Waals surface area contributed by atoms with Crippen LogP contribution < -0.4 is 16.8 Å². The van der Waals surface area contributed by atoms with Crippen molar-refractivity contribution < 1.29 is 4.79 Å². The van der Waals surface area contributed by atoms with Crippen LogP contribution in [0.5, 0.6) is 0 Å². The van der Waals surface area contributed by atoms with E-state index in [1.807, 2.05) is 31.2 Å². The van der Waals surface area contributed by atoms with E-state index >= 15 is 0 Å². The molecule has 0 radical (unpaired) electrons. The molecule has 1 aromatic heterocycles. The molecule has 1 aromatic carbocycles. The standard InChI is InChI=1S/C16H22N6OS/c1-9(2)11-6-4-5-7-12(11)19-14(23)10(3)24-8-13-20-15(17)22-16(18)21-13/h4-7,9-10H,8H2,1-3H3,(H,19,23)(H4,17,18,20,21,22). The van der Waals surface area contributed by atoms with Gasteiger partial charge in [0.25, 0.3) is 0 Å². The van der Waals surface area contributed by atoms with Crippen molar-refractivity contribution in [2.75, 3.05) is 16.8 Å². The third-order valence-corrected chi connectivity index (χ3v) is 4.53. The number of para-hydroxylation sites is 1. The van der Waals surface area contributed by atoms with E-state index < -0.39 is 0 Å². The van der Waals surface area contributed by atoms with E-state index in [1.165, 1.54) is 11.8 Å². The van der Waals surface area contributed by atoms with Gasteiger partial charge in [-0.2, -0.15) is 15.0 Å². The van der Waals surface area contributed by atoms with Crippen LogP contribution in [0.3, 0.4) is 0 Å². The summed E-state index contributed by atoms with van der Waals surface area (Å²) in [5.41, 5.74) is 13.0. The van der Waals surface area contributed by atoms with Crippen molar-refractivity contribution in [3.8, 4) is 0 Å². The second-order valence-corrected chi connectivity index (χ2v) is 6.98. The number of hydrogen-bond acceptors (Lipinski definition) is 7. The van der Waals surface area contributed by atoms with Gasteiger partial charge in [-0.25, -0.2) is 0 Å². The van der Waals surface area contributed by atoms with Crippen LogP contribution in [0.2, 0.25) is 0 Å². The van der Waals surface area contributed by atoms with Crippen LogP contribution in [-0.2, 0) is 10.5 Å². The first-order chi connectivity index (χ1) is 11.4. The molecule has 2 rings (SSSR count). The lowest BCUT2D eigenvalue weighted by atomic mass is 10.0. The fourth-order valence-electron chi connectivity index (χ4n) is 2.15. The average Bonchev–Trinajstić information content (AvgIpc) is 2.52. The number of nitrogens with two attached hydrogens (primary N) is 2. The summed E-state index contributed by atoms with van der Waals surface area (Å²) in [6, 6.07) is 7.82. The van der Waals surface area contributed by atoms with E-state index in [0.717, 1.165) is 11.3 Å². The molecule has 0 fully saturated rings. The van der Waals surface area contributed by atoms with Crippen LogP contribution in [0.1, 0.15) is 38.1 Å². The van der Waals surface area contributed by atoms with Crippen molar-refractivity contribution in [1.82, 2.24) is 15.0 Å². The van der Waals surface area contributed by atoms with Gasteiger partial charge >= 0.3 is 0 Å². The second-order valence-electron chi connectivity index (χ2n) is 5.65. The zero-order valence-corrected chi connectivity index (χ0v) is 14.8. The molecular weight excluding hydrogens is 324 g/mol. The minimum Gasteiger partial charge on any atom is -0.368 e. The molecule has 1 amide bonds. The number of carbonyl (C=O) groups is 1. The van der Waals surface area contributed by atoms with E-state index in [0.29, 0.717) is 17.5 Å². The number of hydrogen-bond donors (Lipinski definition) is 3. The molecule has 0 saturated heterocycles. The lowest BCUT2D eigenvalue weighted by Crippen LogP contribution is -2.23. The third-order valence-electron chi connectivity index (χ3n) is 3.39. The van der Waals surface area contributed by atoms with E-state index in [2.05, 4.69) is 34.1 Å². The summed E-state index contributed by atoms with van der Waals surface area (Å²) >= 11 is 1.41. The summed E-state index contributed by atoms with van der Waals surface area (Å²) in [6.45, 7) is 6.03. The van der Waals surface area contributed by atoms with Gasteiger partial charge in [0.1, 0.15) is 5.82 Å². The highest BCUT2D eigenvalue weighted by Gasteiger charge is 2.16. The smallest absolute Gasteiger partial charge is 0.237 e. The Hall–Kier alpha value is -2.35. The largest absolute Gasteiger partial charge is 0.368 e. The molecule has 5 N–H and O–H groups in total. The molecule has 0 spiro atoms. The zero-order chi connectivity index (χ0) is 17.7. The number of rotatable bonds is 6. The Morgan fingerprint density at radius 3 is 2.38 bits per heavy atom. The molecule has 128 valence electrons. The van der Waals surface area contributed by atoms with Crippen molar-refractivity contribution >= 4 is 35.3 Å². The van der Waals surface area contributed by atoms with E-state index in [-0.39, 0.29) is 23.1 Å². The van der Waals surface area contributed by atoms with Gasteiger partial charge in [-0.15, -0.1) is 11.8 Å². The molecule has 2 aromatic rings. The quantitative estimate of drug-likeness (QED) is 0.734. The highest BCUT2D eigenvalue weighted by Crippen LogP contribution is 2.25. The first-order valence-electron chi connectivity index (χ1n) is 7.64. The Bertz CT molecular complexity index is 701. The highest BCUT2D eigenvalue weighted by atomic mass is 32.2. The number of anilines is 3. The summed E-state index contributed by atoms with van der Waals surface area (Å²) < 4.78 is 0. The van der Waals surface area contributed by atoms with Crippen LogP contribution in [-0.4, -0.2) is 26.1 Å². The zero-order valence-electron chi connectivity index (χ0n) is 14.0. The van der Waals surface area contributed by atoms with Crippen LogP contribution >= 0.6 is 11.8 Å². The number of nitrogens with one attached hydrogen (secondary N) is 1. The van der Waals surface area contributed by atoms with Gasteiger partial charge in [0.15, 0.2) is 0 Å². The predicted octanol–water partition coefficient (Wildman–Crippen LogP) is 2.42. The topological polar surface area (TPSA) is 120 Å². The molecule has 24 heavy (non-hydrogen) atoms. The molecule has 1 unspecified atom stereocenters. The normalized spacial score (nSPS) is 12.2. The Morgan fingerprint density at radius 2 is 1.75 bits per heavy atom. The maximum atomic E-state index is 12.4. The molecule has 1 heterocycles. The molecule has 0 aliphatic carbocycles. The van der Waals surface area contributed by atoms with Gasteiger partial charge < -0.3 is 16.8 Å². The van der Waals surface area contributed by atoms with Gasteiger partial charge in [-0.05, 0) is 24.5 Å². The minimum absolute atomic E-state index is 0.0666. The first kappa shape index (κ1) is 18.0. The van der Waals surface area contributed by atoms with Crippen LogP contribution in [0.15, 0.2) is 24.3 Å². The van der Waals surface area contributed by atoms with E-state index in [4.69, 9.17) is 11.5 Å². The average molecular weight is 346 g/mol. The molecule has 0 aliphatic rings. The van der Waals surface area contributed by atoms with Crippen molar-refractivity contribution in [3.63, 3.8) is 0 Å². The molecule has 0 bridgehead atoms. The summed E-state index contributed by atoms with van der Waals surface area (Å²) in [6.07, 6.45) is 0. The molecule has 1 atom stereocenters. The monoisotopic (exact) mass is 346 g/mol. The Balaban J connectivity index is 1.97. The van der Waals surface area contributed by atoms with Gasteiger partial charge in [-0.3, -0.25) is 4.79 Å². The van der Waals surface area contributed by atoms with Gasteiger partial charge in [0, 0.05) is 5.69 Å². The number of aromatic nitrogens is 3. The van der Waals surface area contributed by atoms with E-state index in [9.17, 15) is 4.79 Å². The van der Waals surface area contributed by atoms with Gasteiger partial charge in [0.05, 0.1) is 11.0 Å². The summed E-state index contributed by atoms with van der Waals surface area (Å²) in [5.74, 6) is 1.33. The maximum absolute atomic E-state index is 12.4. The Morgan fingerprint density at radius 1 is 1.12 bits per heavy atom. The number of amides is 1. The van der Waals surface area contributed by atoms with Crippen molar-refractivity contribution in [3.05, 3.63) is 35.7 Å². The predicted molar refractivity (Wildman–Crippen MR) is 98.6 cm³/mol. The summed E-state index contributed by atoms with van der Waals surface area (Å²) in [5, 5.41) is 2.71. The lowest BCUT2D eigenvalue weighted by molar-refractivity contribution is -0.115. The van der Waals surface area contributed by atoms with Crippen molar-refractivity contribution in [1.29, 1.82) is 0 Å². The van der Waals surface area contributed by atoms with Gasteiger partial charge in [-0.1, -0.05) is 32.0 Å². The maximum Gasteiger partial charge on any atom is 0.237 e. The molecule has 8 heteroatoms. The van der Waals surface area contributed by atoms with E-state index in [1.54, 1.807) is 0 Å². The number of carbonyl (C=O) groups excluding carboxylic acids is 1. The summed E-state index contributed by atoms with van der Waals surface area (Å²) in [7, 11) is 0. The minimum atomic E-state index is -0.274. The van der Waals surface area contributed by atoms with Crippen LogP contribution in [0, 0.1) is 0 Å². The first-order valence-corrected chi connectivity index (χ1v) is 8.69. The highest BCUT2D eigenvalue weighted by molar-refractivity contribution is 7.99. The molecule has 0 saturated carbocycles.